The van der Waals surface area contributed by atoms with Crippen LogP contribution in [0.15, 0.2) is 35.5 Å². The van der Waals surface area contributed by atoms with Crippen molar-refractivity contribution in [3.05, 3.63) is 41.2 Å². The van der Waals surface area contributed by atoms with E-state index in [0.29, 0.717) is 0 Å². The van der Waals surface area contributed by atoms with E-state index >= 15 is 0 Å². The second-order valence-electron chi connectivity index (χ2n) is 3.80. The Morgan fingerprint density at radius 2 is 2.44 bits per heavy atom. The first-order valence-electron chi connectivity index (χ1n) is 5.27. The molecule has 0 radical (unpaired) electrons. The third-order valence-corrected chi connectivity index (χ3v) is 3.27. The fourth-order valence-corrected chi connectivity index (χ4v) is 2.27. The van der Waals surface area contributed by atoms with E-state index in [0.717, 1.165) is 29.6 Å². The van der Waals surface area contributed by atoms with Crippen molar-refractivity contribution >= 4 is 21.8 Å². The van der Waals surface area contributed by atoms with Crippen LogP contribution in [0.5, 0.6) is 0 Å². The predicted octanol–water partition coefficient (Wildman–Crippen LogP) is 2.69. The summed E-state index contributed by atoms with van der Waals surface area (Å²) in [5, 5.41) is 0. The average molecular weight is 281 g/mol. The van der Waals surface area contributed by atoms with Crippen molar-refractivity contribution in [2.75, 3.05) is 6.54 Å². The highest BCUT2D eigenvalue weighted by Crippen LogP contribution is 2.31. The van der Waals surface area contributed by atoms with Crippen LogP contribution in [0.1, 0.15) is 24.6 Å². The summed E-state index contributed by atoms with van der Waals surface area (Å²) in [4.78, 5) is 17.8. The monoisotopic (exact) mass is 280 g/mol. The van der Waals surface area contributed by atoms with Crippen LogP contribution >= 0.6 is 15.9 Å². The van der Waals surface area contributed by atoms with Crippen molar-refractivity contribution in [2.24, 2.45) is 0 Å². The number of amides is 1. The fourth-order valence-electron chi connectivity index (χ4n) is 2.04. The molecule has 0 spiro atoms. The number of carbonyl (C=O) groups excluding carboxylic acids is 1. The van der Waals surface area contributed by atoms with Crippen molar-refractivity contribution in [3.8, 4) is 0 Å². The van der Waals surface area contributed by atoms with Crippen LogP contribution in [0.4, 0.5) is 0 Å². The minimum absolute atomic E-state index is 0.00720. The molecule has 0 aromatic carbocycles. The van der Waals surface area contributed by atoms with Gasteiger partial charge < -0.3 is 4.90 Å². The predicted molar refractivity (Wildman–Crippen MR) is 65.8 cm³/mol. The molecule has 1 saturated heterocycles. The lowest BCUT2D eigenvalue weighted by Crippen LogP contribution is -2.29. The van der Waals surface area contributed by atoms with Gasteiger partial charge in [0.25, 0.3) is 0 Å². The highest BCUT2D eigenvalue weighted by molar-refractivity contribution is 9.10. The highest BCUT2D eigenvalue weighted by atomic mass is 79.9. The van der Waals surface area contributed by atoms with Gasteiger partial charge in [0.15, 0.2) is 0 Å². The largest absolute Gasteiger partial charge is 0.331 e. The summed E-state index contributed by atoms with van der Waals surface area (Å²) in [6, 6.07) is 4.03. The highest BCUT2D eigenvalue weighted by Gasteiger charge is 2.29. The maximum Gasteiger partial charge on any atom is 0.246 e. The van der Waals surface area contributed by atoms with Gasteiger partial charge in [-0.3, -0.25) is 9.78 Å². The standard InChI is InChI=1S/C12H13BrN2O/c1-2-12(16)15-7-3-4-11(15)10-6-5-9(13)8-14-10/h2,5-6,8,11H,1,3-4,7H2. The number of carbonyl (C=O) groups is 1. The van der Waals surface area contributed by atoms with Crippen LogP contribution in [-0.2, 0) is 4.79 Å². The van der Waals surface area contributed by atoms with Gasteiger partial charge in [-0.1, -0.05) is 6.58 Å². The van der Waals surface area contributed by atoms with Gasteiger partial charge >= 0.3 is 0 Å². The maximum absolute atomic E-state index is 11.6. The number of hydrogen-bond donors (Lipinski definition) is 0. The molecule has 0 N–H and O–H groups in total. The zero-order valence-corrected chi connectivity index (χ0v) is 10.5. The van der Waals surface area contributed by atoms with Gasteiger partial charge in [-0.2, -0.15) is 0 Å². The van der Waals surface area contributed by atoms with Crippen LogP contribution in [0.3, 0.4) is 0 Å². The van der Waals surface area contributed by atoms with E-state index in [2.05, 4.69) is 27.5 Å². The van der Waals surface area contributed by atoms with E-state index in [1.165, 1.54) is 6.08 Å². The molecule has 2 rings (SSSR count). The van der Waals surface area contributed by atoms with Crippen molar-refractivity contribution in [1.82, 2.24) is 9.88 Å². The lowest BCUT2D eigenvalue weighted by atomic mass is 10.1. The summed E-state index contributed by atoms with van der Waals surface area (Å²) in [5.74, 6) is -0.00720. The zero-order valence-electron chi connectivity index (χ0n) is 8.90. The number of likely N-dealkylation sites (tertiary alicyclic amines) is 1. The third-order valence-electron chi connectivity index (χ3n) is 2.80. The molecule has 1 atom stereocenters. The molecule has 1 aliphatic heterocycles. The van der Waals surface area contributed by atoms with Crippen LogP contribution in [0.25, 0.3) is 0 Å². The molecule has 3 nitrogen and oxygen atoms in total. The Hall–Kier alpha value is -1.16. The molecule has 0 bridgehead atoms. The van der Waals surface area contributed by atoms with E-state index < -0.39 is 0 Å². The molecule has 1 amide bonds. The van der Waals surface area contributed by atoms with Crippen LogP contribution < -0.4 is 0 Å². The molecule has 0 saturated carbocycles. The quantitative estimate of drug-likeness (QED) is 0.781. The molecule has 1 unspecified atom stereocenters. The Labute approximate surface area is 103 Å². The molecule has 84 valence electrons. The van der Waals surface area contributed by atoms with Gasteiger partial charge in [0.05, 0.1) is 11.7 Å². The topological polar surface area (TPSA) is 33.2 Å². The first-order valence-corrected chi connectivity index (χ1v) is 6.06. The molecule has 1 aromatic rings. The molecule has 16 heavy (non-hydrogen) atoms. The Kier molecular flexibility index (Phi) is 3.39. The number of aromatic nitrogens is 1. The Balaban J connectivity index is 2.22. The lowest BCUT2D eigenvalue weighted by molar-refractivity contribution is -0.126. The summed E-state index contributed by atoms with van der Waals surface area (Å²) < 4.78 is 0.954. The number of hydrogen-bond acceptors (Lipinski definition) is 2. The van der Waals surface area contributed by atoms with Crippen molar-refractivity contribution < 1.29 is 4.79 Å². The lowest BCUT2D eigenvalue weighted by Gasteiger charge is -2.22. The Morgan fingerprint density at radius 1 is 1.62 bits per heavy atom. The normalized spacial score (nSPS) is 19.8. The van der Waals surface area contributed by atoms with Gasteiger partial charge in [-0.15, -0.1) is 0 Å². The molecule has 1 aliphatic rings. The van der Waals surface area contributed by atoms with Crippen LogP contribution in [0.2, 0.25) is 0 Å². The van der Waals surface area contributed by atoms with E-state index in [1.54, 1.807) is 6.20 Å². The minimum atomic E-state index is -0.00720. The molecular formula is C12H13BrN2O. The first-order chi connectivity index (χ1) is 7.72. The zero-order chi connectivity index (χ0) is 11.5. The second-order valence-corrected chi connectivity index (χ2v) is 4.71. The molecule has 0 aliphatic carbocycles. The number of nitrogens with zero attached hydrogens (tertiary/aromatic N) is 2. The van der Waals surface area contributed by atoms with Gasteiger partial charge in [0.1, 0.15) is 0 Å². The van der Waals surface area contributed by atoms with Crippen molar-refractivity contribution in [3.63, 3.8) is 0 Å². The smallest absolute Gasteiger partial charge is 0.246 e. The first kappa shape index (κ1) is 11.3. The van der Waals surface area contributed by atoms with Gasteiger partial charge in [-0.05, 0) is 47.0 Å². The number of rotatable bonds is 2. The van der Waals surface area contributed by atoms with Gasteiger partial charge in [-0.25, -0.2) is 0 Å². The molecule has 4 heteroatoms. The van der Waals surface area contributed by atoms with E-state index in [4.69, 9.17) is 0 Å². The summed E-state index contributed by atoms with van der Waals surface area (Å²) in [7, 11) is 0. The molecular weight excluding hydrogens is 268 g/mol. The number of pyridine rings is 1. The SMILES string of the molecule is C=CC(=O)N1CCCC1c1ccc(Br)cn1. The van der Waals surface area contributed by atoms with Crippen LogP contribution in [0, 0.1) is 0 Å². The van der Waals surface area contributed by atoms with Gasteiger partial charge in [0.2, 0.25) is 5.91 Å². The molecule has 1 fully saturated rings. The minimum Gasteiger partial charge on any atom is -0.331 e. The van der Waals surface area contributed by atoms with E-state index in [9.17, 15) is 4.79 Å². The number of halogens is 1. The van der Waals surface area contributed by atoms with Crippen LogP contribution in [-0.4, -0.2) is 22.3 Å². The third kappa shape index (κ3) is 2.16. The summed E-state index contributed by atoms with van der Waals surface area (Å²) in [6.45, 7) is 4.33. The van der Waals surface area contributed by atoms with Gasteiger partial charge in [0, 0.05) is 17.2 Å². The van der Waals surface area contributed by atoms with E-state index in [1.807, 2.05) is 17.0 Å². The summed E-state index contributed by atoms with van der Waals surface area (Å²) in [5.41, 5.74) is 0.955. The van der Waals surface area contributed by atoms with Crippen molar-refractivity contribution in [2.45, 2.75) is 18.9 Å². The Bertz CT molecular complexity index is 402. The second kappa shape index (κ2) is 4.78. The summed E-state index contributed by atoms with van der Waals surface area (Å²) in [6.07, 6.45) is 5.15. The maximum atomic E-state index is 11.6. The average Bonchev–Trinajstić information content (AvgIpc) is 2.78. The molecule has 1 aromatic heterocycles. The van der Waals surface area contributed by atoms with Crippen molar-refractivity contribution in [1.29, 1.82) is 0 Å². The molecule has 2 heterocycles. The Morgan fingerprint density at radius 3 is 3.06 bits per heavy atom. The summed E-state index contributed by atoms with van der Waals surface area (Å²) >= 11 is 3.35. The fraction of sp³-hybridized carbons (Fsp3) is 0.333. The van der Waals surface area contributed by atoms with E-state index in [-0.39, 0.29) is 11.9 Å².